The summed E-state index contributed by atoms with van der Waals surface area (Å²) >= 11 is 0. The molecule has 3 rings (SSSR count). The van der Waals surface area contributed by atoms with E-state index in [4.69, 9.17) is 9.47 Å². The third-order valence-corrected chi connectivity index (χ3v) is 4.16. The van der Waals surface area contributed by atoms with Crippen molar-refractivity contribution >= 4 is 0 Å². The van der Waals surface area contributed by atoms with Crippen LogP contribution in [0.3, 0.4) is 0 Å². The normalized spacial score (nSPS) is 30.2. The third-order valence-electron chi connectivity index (χ3n) is 4.16. The summed E-state index contributed by atoms with van der Waals surface area (Å²) in [6.07, 6.45) is 1.06. The van der Waals surface area contributed by atoms with Crippen molar-refractivity contribution in [2.75, 3.05) is 19.8 Å². The van der Waals surface area contributed by atoms with Crippen LogP contribution in [0.4, 0.5) is 0 Å². The van der Waals surface area contributed by atoms with Gasteiger partial charge >= 0.3 is 0 Å². The van der Waals surface area contributed by atoms with E-state index in [1.165, 1.54) is 11.1 Å². The summed E-state index contributed by atoms with van der Waals surface area (Å²) in [4.78, 5) is 0. The van der Waals surface area contributed by atoms with Crippen molar-refractivity contribution in [3.8, 4) is 11.5 Å². The highest BCUT2D eigenvalue weighted by Crippen LogP contribution is 2.55. The van der Waals surface area contributed by atoms with Crippen LogP contribution in [-0.2, 0) is 5.41 Å². The zero-order valence-corrected chi connectivity index (χ0v) is 10.3. The number of aliphatic hydroxyl groups is 1. The lowest BCUT2D eigenvalue weighted by molar-refractivity contribution is 0.170. The Balaban J connectivity index is 2.06. The SMILES string of the molecule is Cc1cc2c(cc1C1(CO)CC1C)OCCO2. The molecule has 2 atom stereocenters. The van der Waals surface area contributed by atoms with Crippen molar-refractivity contribution in [3.63, 3.8) is 0 Å². The van der Waals surface area contributed by atoms with Gasteiger partial charge in [0, 0.05) is 5.41 Å². The summed E-state index contributed by atoms with van der Waals surface area (Å²) in [5.74, 6) is 2.21. The zero-order chi connectivity index (χ0) is 12.0. The van der Waals surface area contributed by atoms with Gasteiger partial charge in [-0.05, 0) is 42.5 Å². The lowest BCUT2D eigenvalue weighted by atomic mass is 9.90. The lowest BCUT2D eigenvalue weighted by Gasteiger charge is -2.23. The number of ether oxygens (including phenoxy) is 2. The van der Waals surface area contributed by atoms with Gasteiger partial charge in [-0.25, -0.2) is 0 Å². The van der Waals surface area contributed by atoms with Crippen molar-refractivity contribution in [2.45, 2.75) is 25.7 Å². The first-order valence-electron chi connectivity index (χ1n) is 6.19. The van der Waals surface area contributed by atoms with Crippen molar-refractivity contribution in [1.82, 2.24) is 0 Å². The topological polar surface area (TPSA) is 38.7 Å². The van der Waals surface area contributed by atoms with E-state index in [0.717, 1.165) is 17.9 Å². The van der Waals surface area contributed by atoms with E-state index in [0.29, 0.717) is 19.1 Å². The molecule has 3 heteroatoms. The molecular weight excluding hydrogens is 216 g/mol. The summed E-state index contributed by atoms with van der Waals surface area (Å²) in [7, 11) is 0. The Morgan fingerprint density at radius 3 is 2.41 bits per heavy atom. The number of hydrogen-bond donors (Lipinski definition) is 1. The highest BCUT2D eigenvalue weighted by atomic mass is 16.6. The molecule has 2 unspecified atom stereocenters. The fourth-order valence-electron chi connectivity index (χ4n) is 2.90. The van der Waals surface area contributed by atoms with Gasteiger partial charge in [-0.3, -0.25) is 0 Å². The van der Waals surface area contributed by atoms with Gasteiger partial charge < -0.3 is 14.6 Å². The van der Waals surface area contributed by atoms with Gasteiger partial charge in [-0.15, -0.1) is 0 Å². The van der Waals surface area contributed by atoms with Gasteiger partial charge in [0.15, 0.2) is 11.5 Å². The predicted molar refractivity (Wildman–Crippen MR) is 64.7 cm³/mol. The van der Waals surface area contributed by atoms with Crippen molar-refractivity contribution in [2.24, 2.45) is 5.92 Å². The van der Waals surface area contributed by atoms with Crippen LogP contribution in [-0.4, -0.2) is 24.9 Å². The highest BCUT2D eigenvalue weighted by Gasteiger charge is 2.52. The fraction of sp³-hybridized carbons (Fsp3) is 0.571. The van der Waals surface area contributed by atoms with E-state index in [1.54, 1.807) is 0 Å². The maximum Gasteiger partial charge on any atom is 0.161 e. The average molecular weight is 234 g/mol. The summed E-state index contributed by atoms with van der Waals surface area (Å²) in [5.41, 5.74) is 2.37. The van der Waals surface area contributed by atoms with Crippen LogP contribution in [0.15, 0.2) is 12.1 Å². The molecule has 92 valence electrons. The molecule has 1 saturated carbocycles. The number of aliphatic hydroxyl groups excluding tert-OH is 1. The molecule has 3 nitrogen and oxygen atoms in total. The van der Waals surface area contributed by atoms with Gasteiger partial charge in [0.2, 0.25) is 0 Å². The Kier molecular flexibility index (Phi) is 2.33. The van der Waals surface area contributed by atoms with Gasteiger partial charge in [0.25, 0.3) is 0 Å². The zero-order valence-electron chi connectivity index (χ0n) is 10.3. The smallest absolute Gasteiger partial charge is 0.161 e. The Bertz CT molecular complexity index is 451. The van der Waals surface area contributed by atoms with E-state index in [-0.39, 0.29) is 12.0 Å². The second kappa shape index (κ2) is 3.64. The minimum Gasteiger partial charge on any atom is -0.486 e. The van der Waals surface area contributed by atoms with Gasteiger partial charge in [-0.1, -0.05) is 6.92 Å². The number of rotatable bonds is 2. The Morgan fingerprint density at radius 1 is 1.29 bits per heavy atom. The van der Waals surface area contributed by atoms with Gasteiger partial charge in [-0.2, -0.15) is 0 Å². The molecule has 1 heterocycles. The minimum absolute atomic E-state index is 0.0417. The number of hydrogen-bond acceptors (Lipinski definition) is 3. The molecule has 0 radical (unpaired) electrons. The molecule has 1 fully saturated rings. The summed E-state index contributed by atoms with van der Waals surface area (Å²) in [5, 5.41) is 9.64. The Morgan fingerprint density at radius 2 is 1.88 bits per heavy atom. The van der Waals surface area contributed by atoms with Crippen LogP contribution >= 0.6 is 0 Å². The summed E-state index contributed by atoms with van der Waals surface area (Å²) in [6, 6.07) is 4.09. The molecule has 1 aliphatic carbocycles. The molecule has 0 bridgehead atoms. The Hall–Kier alpha value is -1.22. The van der Waals surface area contributed by atoms with Crippen LogP contribution in [0, 0.1) is 12.8 Å². The van der Waals surface area contributed by atoms with E-state index in [1.807, 2.05) is 6.07 Å². The number of aryl methyl sites for hydroxylation is 1. The quantitative estimate of drug-likeness (QED) is 0.851. The predicted octanol–water partition coefficient (Wildman–Crippen LogP) is 2.04. The van der Waals surface area contributed by atoms with Crippen LogP contribution in [0.1, 0.15) is 24.5 Å². The van der Waals surface area contributed by atoms with Crippen LogP contribution in [0.5, 0.6) is 11.5 Å². The molecule has 0 aromatic heterocycles. The van der Waals surface area contributed by atoms with Crippen molar-refractivity contribution in [1.29, 1.82) is 0 Å². The fourth-order valence-corrected chi connectivity index (χ4v) is 2.90. The van der Waals surface area contributed by atoms with Gasteiger partial charge in [0.1, 0.15) is 13.2 Å². The molecule has 1 N–H and O–H groups in total. The molecule has 1 aliphatic heterocycles. The first-order valence-corrected chi connectivity index (χ1v) is 6.19. The molecule has 1 aromatic rings. The van der Waals surface area contributed by atoms with Crippen LogP contribution in [0.2, 0.25) is 0 Å². The third kappa shape index (κ3) is 1.53. The maximum atomic E-state index is 9.64. The monoisotopic (exact) mass is 234 g/mol. The number of benzene rings is 1. The van der Waals surface area contributed by atoms with E-state index in [2.05, 4.69) is 19.9 Å². The minimum atomic E-state index is -0.0417. The van der Waals surface area contributed by atoms with E-state index < -0.39 is 0 Å². The second-order valence-corrected chi connectivity index (χ2v) is 5.23. The van der Waals surface area contributed by atoms with E-state index >= 15 is 0 Å². The molecule has 1 aromatic carbocycles. The average Bonchev–Trinajstić information content (AvgIpc) is 3.00. The summed E-state index contributed by atoms with van der Waals surface area (Å²) in [6.45, 7) is 5.71. The van der Waals surface area contributed by atoms with Crippen LogP contribution < -0.4 is 9.47 Å². The molecule has 0 amide bonds. The van der Waals surface area contributed by atoms with Crippen LogP contribution in [0.25, 0.3) is 0 Å². The summed E-state index contributed by atoms with van der Waals surface area (Å²) < 4.78 is 11.2. The van der Waals surface area contributed by atoms with Crippen molar-refractivity contribution in [3.05, 3.63) is 23.3 Å². The van der Waals surface area contributed by atoms with Crippen molar-refractivity contribution < 1.29 is 14.6 Å². The molecule has 0 saturated heterocycles. The second-order valence-electron chi connectivity index (χ2n) is 5.23. The largest absolute Gasteiger partial charge is 0.486 e. The lowest BCUT2D eigenvalue weighted by Crippen LogP contribution is -2.19. The first kappa shape index (κ1) is 10.9. The maximum absolute atomic E-state index is 9.64. The van der Waals surface area contributed by atoms with E-state index in [9.17, 15) is 5.11 Å². The highest BCUT2D eigenvalue weighted by molar-refractivity contribution is 5.52. The molecule has 17 heavy (non-hydrogen) atoms. The standard InChI is InChI=1S/C14H18O3/c1-9-5-12-13(17-4-3-16-12)6-11(9)14(8-15)7-10(14)2/h5-6,10,15H,3-4,7-8H2,1-2H3. The Labute approximate surface area is 101 Å². The molecular formula is C14H18O3. The van der Waals surface area contributed by atoms with Gasteiger partial charge in [0.05, 0.1) is 6.61 Å². The molecule has 0 spiro atoms. The number of fused-ring (bicyclic) bond motifs is 1. The molecule has 2 aliphatic rings. The first-order chi connectivity index (χ1) is 8.17.